The van der Waals surface area contributed by atoms with E-state index in [1.807, 2.05) is 30.3 Å². The number of nitrogens with one attached hydrogen (secondary N) is 3. The fraction of sp³-hybridized carbons (Fsp3) is 0.333. The van der Waals surface area contributed by atoms with Crippen LogP contribution in [0.2, 0.25) is 0 Å². The normalized spacial score (nSPS) is 13.5. The molecule has 200 valence electrons. The molecule has 3 N–H and O–H groups in total. The average Bonchev–Trinajstić information content (AvgIpc) is 3.48. The van der Waals surface area contributed by atoms with Gasteiger partial charge >= 0.3 is 0 Å². The lowest BCUT2D eigenvalue weighted by atomic mass is 10.0. The first kappa shape index (κ1) is 26.9. The van der Waals surface area contributed by atoms with Gasteiger partial charge in [-0.1, -0.05) is 24.3 Å². The number of thiophene rings is 1. The molecular formula is C27H30N4O4S3. The van der Waals surface area contributed by atoms with E-state index in [0.717, 1.165) is 50.9 Å². The van der Waals surface area contributed by atoms with Crippen molar-refractivity contribution in [1.29, 1.82) is 0 Å². The molecule has 1 amide bonds. The minimum absolute atomic E-state index is 0.0384. The number of carbonyl (C=O) groups is 1. The van der Waals surface area contributed by atoms with E-state index in [1.54, 1.807) is 41.9 Å². The van der Waals surface area contributed by atoms with Crippen molar-refractivity contribution in [2.75, 3.05) is 44.9 Å². The van der Waals surface area contributed by atoms with E-state index in [1.165, 1.54) is 16.7 Å². The van der Waals surface area contributed by atoms with Gasteiger partial charge in [0.05, 0.1) is 21.7 Å². The van der Waals surface area contributed by atoms with E-state index >= 15 is 0 Å². The van der Waals surface area contributed by atoms with Crippen molar-refractivity contribution in [2.24, 2.45) is 0 Å². The number of benzene rings is 2. The number of sulfone groups is 1. The van der Waals surface area contributed by atoms with E-state index in [9.17, 15) is 13.2 Å². The summed E-state index contributed by atoms with van der Waals surface area (Å²) < 4.78 is 30.7. The lowest BCUT2D eigenvalue weighted by Gasteiger charge is -2.13. The van der Waals surface area contributed by atoms with Crippen molar-refractivity contribution < 1.29 is 17.9 Å². The van der Waals surface area contributed by atoms with Gasteiger partial charge in [0, 0.05) is 55.4 Å². The van der Waals surface area contributed by atoms with Crippen LogP contribution >= 0.6 is 22.7 Å². The van der Waals surface area contributed by atoms with Gasteiger partial charge in [0.25, 0.3) is 0 Å². The molecule has 0 saturated heterocycles. The quantitative estimate of drug-likeness (QED) is 0.244. The summed E-state index contributed by atoms with van der Waals surface area (Å²) in [4.78, 5) is 19.2. The van der Waals surface area contributed by atoms with E-state index in [-0.39, 0.29) is 5.91 Å². The maximum absolute atomic E-state index is 12.8. The number of anilines is 1. The van der Waals surface area contributed by atoms with Gasteiger partial charge in [-0.25, -0.2) is 13.4 Å². The summed E-state index contributed by atoms with van der Waals surface area (Å²) in [6.45, 7) is 3.55. The van der Waals surface area contributed by atoms with Crippen molar-refractivity contribution in [2.45, 2.75) is 24.3 Å². The Morgan fingerprint density at radius 1 is 1.16 bits per heavy atom. The van der Waals surface area contributed by atoms with Crippen LogP contribution in [-0.4, -0.2) is 58.9 Å². The van der Waals surface area contributed by atoms with Gasteiger partial charge in [0.15, 0.2) is 9.84 Å². The number of ether oxygens (including phenoxy) is 1. The van der Waals surface area contributed by atoms with Gasteiger partial charge in [0.2, 0.25) is 5.91 Å². The van der Waals surface area contributed by atoms with Gasteiger partial charge in [0.1, 0.15) is 10.0 Å². The number of hydrogen-bond acceptors (Lipinski definition) is 9. The van der Waals surface area contributed by atoms with E-state index < -0.39 is 9.84 Å². The monoisotopic (exact) mass is 570 g/mol. The number of amides is 1. The first-order valence-corrected chi connectivity index (χ1v) is 15.9. The van der Waals surface area contributed by atoms with Crippen molar-refractivity contribution in [3.8, 4) is 21.7 Å². The number of rotatable bonds is 10. The minimum atomic E-state index is -3.37. The number of fused-ring (bicyclic) bond motifs is 2. The second-order valence-corrected chi connectivity index (χ2v) is 13.3. The summed E-state index contributed by atoms with van der Waals surface area (Å²) in [6, 6.07) is 12.9. The number of thiazole rings is 1. The van der Waals surface area contributed by atoms with Crippen LogP contribution < -0.4 is 16.0 Å². The zero-order valence-electron chi connectivity index (χ0n) is 21.3. The Balaban J connectivity index is 1.47. The summed E-state index contributed by atoms with van der Waals surface area (Å²) in [7, 11) is -1.72. The molecule has 1 aliphatic heterocycles. The zero-order chi connectivity index (χ0) is 26.7. The molecule has 8 nitrogen and oxygen atoms in total. The molecule has 2 aromatic heterocycles. The van der Waals surface area contributed by atoms with Gasteiger partial charge in [-0.15, -0.1) is 22.7 Å². The Hall–Kier alpha value is -2.67. The molecule has 2 aromatic carbocycles. The fourth-order valence-electron chi connectivity index (χ4n) is 4.57. The van der Waals surface area contributed by atoms with Crippen LogP contribution in [0.3, 0.4) is 0 Å². The van der Waals surface area contributed by atoms with Crippen LogP contribution in [0, 0.1) is 0 Å². The number of carbonyl (C=O) groups excluding carboxylic acids is 1. The topological polar surface area (TPSA) is 109 Å². The number of hydrogen-bond donors (Lipinski definition) is 3. The Morgan fingerprint density at radius 3 is 2.82 bits per heavy atom. The van der Waals surface area contributed by atoms with Crippen LogP contribution in [0.15, 0.2) is 47.4 Å². The van der Waals surface area contributed by atoms with Crippen molar-refractivity contribution in [1.82, 2.24) is 15.6 Å². The Labute approximate surface area is 230 Å². The third kappa shape index (κ3) is 5.83. The van der Waals surface area contributed by atoms with E-state index in [4.69, 9.17) is 9.72 Å². The molecule has 38 heavy (non-hydrogen) atoms. The summed E-state index contributed by atoms with van der Waals surface area (Å²) in [5, 5.41) is 11.5. The largest absolute Gasteiger partial charge is 0.383 e. The molecule has 11 heteroatoms. The SMILES string of the molecule is COCCNCCC(=O)Nc1sc2c(c1-c1nc3ccc(-c4ccccc4S(C)(=O)=O)cc3s1)CCNC2. The van der Waals surface area contributed by atoms with Crippen LogP contribution in [0.1, 0.15) is 16.9 Å². The van der Waals surface area contributed by atoms with Crippen molar-refractivity contribution >= 4 is 53.6 Å². The zero-order valence-corrected chi connectivity index (χ0v) is 23.7. The highest BCUT2D eigenvalue weighted by Crippen LogP contribution is 2.45. The second kappa shape index (κ2) is 11.6. The third-order valence-electron chi connectivity index (χ3n) is 6.39. The molecule has 0 unspecified atom stereocenters. The molecule has 0 aliphatic carbocycles. The molecule has 0 radical (unpaired) electrons. The van der Waals surface area contributed by atoms with Crippen LogP contribution in [0.25, 0.3) is 31.9 Å². The molecular weight excluding hydrogens is 541 g/mol. The third-order valence-corrected chi connectivity index (χ3v) is 9.73. The summed E-state index contributed by atoms with van der Waals surface area (Å²) in [5.74, 6) is -0.0384. The fourth-order valence-corrected chi connectivity index (χ4v) is 7.86. The highest BCUT2D eigenvalue weighted by molar-refractivity contribution is 7.90. The Bertz CT molecular complexity index is 1580. The molecule has 0 bridgehead atoms. The number of nitrogens with zero attached hydrogens (tertiary/aromatic N) is 1. The predicted molar refractivity (Wildman–Crippen MR) is 155 cm³/mol. The maximum Gasteiger partial charge on any atom is 0.226 e. The second-order valence-electron chi connectivity index (χ2n) is 9.15. The molecule has 5 rings (SSSR count). The standard InChI is InChI=1S/C27H30N4O4S3/c1-35-14-13-28-12-10-24(32)31-27-25(19-9-11-29-16-22(19)37-27)26-30-20-8-7-17(15-21(20)36-26)18-5-3-4-6-23(18)38(2,33)34/h3-8,15,28-29H,9-14,16H2,1-2H3,(H,31,32). The van der Waals surface area contributed by atoms with Gasteiger partial charge in [-0.05, 0) is 42.3 Å². The molecule has 0 saturated carbocycles. The van der Waals surface area contributed by atoms with Crippen LogP contribution in [0.5, 0.6) is 0 Å². The first-order chi connectivity index (χ1) is 18.3. The Kier molecular flexibility index (Phi) is 8.22. The van der Waals surface area contributed by atoms with Crippen molar-refractivity contribution in [3.63, 3.8) is 0 Å². The van der Waals surface area contributed by atoms with Crippen LogP contribution in [-0.2, 0) is 32.3 Å². The highest BCUT2D eigenvalue weighted by Gasteiger charge is 2.25. The van der Waals surface area contributed by atoms with Crippen molar-refractivity contribution in [3.05, 3.63) is 52.9 Å². The first-order valence-electron chi connectivity index (χ1n) is 12.4. The molecule has 1 aliphatic rings. The lowest BCUT2D eigenvalue weighted by Crippen LogP contribution is -2.24. The lowest BCUT2D eigenvalue weighted by molar-refractivity contribution is -0.116. The van der Waals surface area contributed by atoms with Gasteiger partial charge in [-0.2, -0.15) is 0 Å². The van der Waals surface area contributed by atoms with Crippen LogP contribution in [0.4, 0.5) is 5.00 Å². The molecule has 0 atom stereocenters. The molecule has 0 fully saturated rings. The van der Waals surface area contributed by atoms with E-state index in [0.29, 0.717) is 36.6 Å². The smallest absolute Gasteiger partial charge is 0.226 e. The number of methoxy groups -OCH3 is 1. The van der Waals surface area contributed by atoms with Gasteiger partial charge in [-0.3, -0.25) is 4.79 Å². The summed E-state index contributed by atoms with van der Waals surface area (Å²) >= 11 is 3.18. The predicted octanol–water partition coefficient (Wildman–Crippen LogP) is 4.31. The van der Waals surface area contributed by atoms with E-state index in [2.05, 4.69) is 16.0 Å². The minimum Gasteiger partial charge on any atom is -0.383 e. The summed E-state index contributed by atoms with van der Waals surface area (Å²) in [6.07, 6.45) is 2.47. The molecule has 0 spiro atoms. The van der Waals surface area contributed by atoms with Gasteiger partial charge < -0.3 is 20.7 Å². The molecule has 3 heterocycles. The molecule has 4 aromatic rings. The average molecular weight is 571 g/mol. The Morgan fingerprint density at radius 2 is 2.00 bits per heavy atom. The maximum atomic E-state index is 12.8. The number of aromatic nitrogens is 1. The highest BCUT2D eigenvalue weighted by atomic mass is 32.2. The summed E-state index contributed by atoms with van der Waals surface area (Å²) in [5.41, 5.74) is 4.60.